The highest BCUT2D eigenvalue weighted by molar-refractivity contribution is 5.97. The lowest BCUT2D eigenvalue weighted by atomic mass is 9.50. The quantitative estimate of drug-likeness (QED) is 0.0916. The van der Waals surface area contributed by atoms with E-state index in [1.165, 1.54) is 43.2 Å². The van der Waals surface area contributed by atoms with E-state index in [1.807, 2.05) is 24.1 Å². The third-order valence-corrected chi connectivity index (χ3v) is 12.8. The van der Waals surface area contributed by atoms with E-state index in [4.69, 9.17) is 5.11 Å². The third kappa shape index (κ3) is 10.3. The second-order valence-electron chi connectivity index (χ2n) is 16.1. The van der Waals surface area contributed by atoms with E-state index >= 15 is 0 Å². The summed E-state index contributed by atoms with van der Waals surface area (Å²) in [6.45, 7) is 5.31. The molecule has 50 heavy (non-hydrogen) atoms. The first-order valence-electron chi connectivity index (χ1n) is 19.8. The molecule has 0 heterocycles. The first-order chi connectivity index (χ1) is 24.0. The molecule has 2 N–H and O–H groups in total. The molecule has 0 bridgehead atoms. The van der Waals surface area contributed by atoms with Crippen LogP contribution in [-0.2, 0) is 25.6 Å². The van der Waals surface area contributed by atoms with Gasteiger partial charge in [0.2, 0.25) is 5.91 Å². The number of ketones is 2. The minimum Gasteiger partial charge on any atom is -0.481 e. The second kappa shape index (κ2) is 19.0. The summed E-state index contributed by atoms with van der Waals surface area (Å²) in [5.74, 6) is 0.0753. The lowest BCUT2D eigenvalue weighted by Gasteiger charge is -2.53. The Morgan fingerprint density at radius 3 is 2.14 bits per heavy atom. The molecule has 278 valence electrons. The van der Waals surface area contributed by atoms with Crippen LogP contribution < -0.4 is 0 Å². The maximum absolute atomic E-state index is 13.3. The smallest absolute Gasteiger partial charge is 0.303 e. The van der Waals surface area contributed by atoms with Crippen LogP contribution in [0, 0.1) is 29.1 Å². The van der Waals surface area contributed by atoms with Crippen molar-refractivity contribution in [3.05, 3.63) is 34.9 Å². The fourth-order valence-electron chi connectivity index (χ4n) is 10.00. The predicted molar refractivity (Wildman–Crippen MR) is 195 cm³/mol. The Bertz CT molecular complexity index is 1340. The lowest BCUT2D eigenvalue weighted by Crippen LogP contribution is -2.47. The molecule has 0 radical (unpaired) electrons. The molecule has 8 heteroatoms. The number of nitrogens with zero attached hydrogens (tertiary/aromatic N) is 1. The van der Waals surface area contributed by atoms with Gasteiger partial charge in [0, 0.05) is 44.3 Å². The van der Waals surface area contributed by atoms with Gasteiger partial charge in [0.15, 0.2) is 5.78 Å². The normalized spacial score (nSPS) is 25.3. The third-order valence-electron chi connectivity index (χ3n) is 12.8. The Balaban J connectivity index is 1.35. The van der Waals surface area contributed by atoms with Gasteiger partial charge in [0.05, 0.1) is 12.8 Å². The molecular formula is C42H63NO7. The molecule has 0 spiro atoms. The summed E-state index contributed by atoms with van der Waals surface area (Å²) in [6, 6.07) is 6.07. The number of carboxylic acids is 2. The van der Waals surface area contributed by atoms with E-state index in [0.717, 1.165) is 77.2 Å². The van der Waals surface area contributed by atoms with Gasteiger partial charge < -0.3 is 15.1 Å². The molecule has 2 fully saturated rings. The van der Waals surface area contributed by atoms with Gasteiger partial charge in [0.1, 0.15) is 5.78 Å². The number of unbranched alkanes of at least 4 members (excludes halogenated alkanes) is 8. The number of carboxylic acid groups (broad SMARTS) is 2. The molecule has 0 aromatic heterocycles. The number of aliphatic carboxylic acids is 2. The van der Waals surface area contributed by atoms with Crippen molar-refractivity contribution in [1.29, 1.82) is 0 Å². The van der Waals surface area contributed by atoms with Crippen molar-refractivity contribution in [2.75, 3.05) is 13.6 Å². The van der Waals surface area contributed by atoms with Crippen LogP contribution in [0.2, 0.25) is 0 Å². The highest BCUT2D eigenvalue weighted by Crippen LogP contribution is 2.64. The van der Waals surface area contributed by atoms with Crippen molar-refractivity contribution in [2.45, 2.75) is 155 Å². The van der Waals surface area contributed by atoms with E-state index in [9.17, 15) is 29.1 Å². The van der Waals surface area contributed by atoms with E-state index in [-0.39, 0.29) is 54.5 Å². The summed E-state index contributed by atoms with van der Waals surface area (Å²) in [6.07, 6.45) is 17.8. The Labute approximate surface area is 300 Å². The summed E-state index contributed by atoms with van der Waals surface area (Å²) in [5, 5.41) is 18.3. The van der Waals surface area contributed by atoms with Crippen LogP contribution in [-0.4, -0.2) is 58.1 Å². The first-order valence-corrected chi connectivity index (χ1v) is 19.8. The topological polar surface area (TPSA) is 129 Å². The van der Waals surface area contributed by atoms with Crippen molar-refractivity contribution >= 4 is 29.4 Å². The molecule has 3 aliphatic rings. The van der Waals surface area contributed by atoms with Crippen molar-refractivity contribution < 1.29 is 34.2 Å². The molecule has 0 aliphatic heterocycles. The molecule has 3 aliphatic carbocycles. The summed E-state index contributed by atoms with van der Waals surface area (Å²) in [4.78, 5) is 62.7. The average molecular weight is 694 g/mol. The average Bonchev–Trinajstić information content (AvgIpc) is 3.45. The van der Waals surface area contributed by atoms with Gasteiger partial charge in [-0.15, -0.1) is 0 Å². The summed E-state index contributed by atoms with van der Waals surface area (Å²) in [5.41, 5.74) is 3.08. The molecule has 0 unspecified atom stereocenters. The van der Waals surface area contributed by atoms with Gasteiger partial charge in [-0.2, -0.15) is 0 Å². The maximum Gasteiger partial charge on any atom is 0.303 e. The first kappa shape index (κ1) is 39.8. The minimum atomic E-state index is -0.960. The summed E-state index contributed by atoms with van der Waals surface area (Å²) >= 11 is 0. The molecule has 1 aromatic carbocycles. The van der Waals surface area contributed by atoms with E-state index in [0.29, 0.717) is 35.7 Å². The molecule has 1 aromatic rings. The van der Waals surface area contributed by atoms with Crippen LogP contribution in [0.15, 0.2) is 18.2 Å². The van der Waals surface area contributed by atoms with Crippen molar-refractivity contribution in [3.63, 3.8) is 0 Å². The zero-order valence-corrected chi connectivity index (χ0v) is 31.1. The van der Waals surface area contributed by atoms with Gasteiger partial charge in [-0.05, 0) is 97.6 Å². The van der Waals surface area contributed by atoms with E-state index in [1.54, 1.807) is 0 Å². The van der Waals surface area contributed by atoms with Crippen LogP contribution in [0.4, 0.5) is 0 Å². The Morgan fingerprint density at radius 2 is 1.46 bits per heavy atom. The van der Waals surface area contributed by atoms with Gasteiger partial charge >= 0.3 is 11.9 Å². The number of Topliss-reactive ketones (excluding diaryl/α,β-unsaturated/α-hetero) is 2. The summed E-state index contributed by atoms with van der Waals surface area (Å²) in [7, 11) is 1.91. The summed E-state index contributed by atoms with van der Waals surface area (Å²) < 4.78 is 0. The standard InChI is InChI=1S/C42H63NO7/c1-4-5-26-43(3)38(46)15-13-11-9-7-6-8-10-12-14-30-28-31-27-29(36(44)20-22-39(47)48)16-17-32(31)33-24-25-42(2)34(18-19-35(42)41(30)33)37(45)21-23-40(49)50/h16-17,27,30,33-35,41H,4-15,18-26,28H2,1-3H3,(H,47,48)(H,49,50)/t30-,33-,34-,35+,41-,42-/m1/s1. The zero-order chi connectivity index (χ0) is 36.3. The van der Waals surface area contributed by atoms with Crippen LogP contribution in [0.1, 0.15) is 170 Å². The van der Waals surface area contributed by atoms with Crippen LogP contribution in [0.5, 0.6) is 0 Å². The number of hydrogen-bond donors (Lipinski definition) is 2. The number of benzene rings is 1. The van der Waals surface area contributed by atoms with Crippen molar-refractivity contribution in [1.82, 2.24) is 4.90 Å². The van der Waals surface area contributed by atoms with Gasteiger partial charge in [-0.1, -0.05) is 77.3 Å². The Kier molecular flexibility index (Phi) is 15.1. The second-order valence-corrected chi connectivity index (χ2v) is 16.1. The predicted octanol–water partition coefficient (Wildman–Crippen LogP) is 9.03. The molecule has 2 saturated carbocycles. The number of carbonyl (C=O) groups excluding carboxylic acids is 3. The molecule has 4 rings (SSSR count). The van der Waals surface area contributed by atoms with Crippen molar-refractivity contribution in [3.8, 4) is 0 Å². The molecule has 8 nitrogen and oxygen atoms in total. The van der Waals surface area contributed by atoms with Gasteiger partial charge in [-0.25, -0.2) is 0 Å². The Hall–Kier alpha value is -3.03. The maximum atomic E-state index is 13.3. The number of fused-ring (bicyclic) bond motifs is 5. The molecule has 0 saturated heterocycles. The van der Waals surface area contributed by atoms with E-state index < -0.39 is 11.9 Å². The van der Waals surface area contributed by atoms with E-state index in [2.05, 4.69) is 19.9 Å². The van der Waals surface area contributed by atoms with Crippen LogP contribution in [0.25, 0.3) is 0 Å². The van der Waals surface area contributed by atoms with Crippen molar-refractivity contribution in [2.24, 2.45) is 29.1 Å². The Morgan fingerprint density at radius 1 is 0.800 bits per heavy atom. The van der Waals surface area contributed by atoms with Crippen LogP contribution >= 0.6 is 0 Å². The van der Waals surface area contributed by atoms with Crippen LogP contribution in [0.3, 0.4) is 0 Å². The fourth-order valence-corrected chi connectivity index (χ4v) is 10.00. The minimum absolute atomic E-state index is 0.00976. The SMILES string of the molecule is CCCCN(C)C(=O)CCCCCCCCCC[C@@H]1Cc2cc(C(=O)CCC(=O)O)ccc2[C@H]2CC[C@]3(C)[C@@H](C(=O)CCC(=O)O)CC[C@H]3[C@H]12. The number of rotatable bonds is 22. The van der Waals surface area contributed by atoms with Gasteiger partial charge in [0.25, 0.3) is 0 Å². The molecule has 6 atom stereocenters. The number of hydrogen-bond acceptors (Lipinski definition) is 5. The molecule has 1 amide bonds. The highest BCUT2D eigenvalue weighted by Gasteiger charge is 2.58. The molecular weight excluding hydrogens is 630 g/mol. The zero-order valence-electron chi connectivity index (χ0n) is 31.1. The number of carbonyl (C=O) groups is 5. The van der Waals surface area contributed by atoms with Gasteiger partial charge in [-0.3, -0.25) is 24.0 Å². The number of amides is 1. The fraction of sp³-hybridized carbons (Fsp3) is 0.738. The lowest BCUT2D eigenvalue weighted by molar-refractivity contribution is -0.140. The highest BCUT2D eigenvalue weighted by atomic mass is 16.4. The monoisotopic (exact) mass is 693 g/mol. The largest absolute Gasteiger partial charge is 0.481 e.